The maximum absolute atomic E-state index is 12.8. The fourth-order valence-corrected chi connectivity index (χ4v) is 4.17. The second kappa shape index (κ2) is 9.82. The molecule has 29 heavy (non-hydrogen) atoms. The molecule has 7 nitrogen and oxygen atoms in total. The molecule has 0 aliphatic heterocycles. The summed E-state index contributed by atoms with van der Waals surface area (Å²) in [4.78, 5) is 25.1. The average Bonchev–Trinajstić information content (AvgIpc) is 3.15. The molecule has 3 amide bonds. The zero-order chi connectivity index (χ0) is 20.8. The summed E-state index contributed by atoms with van der Waals surface area (Å²) in [6.07, 6.45) is 5.50. The molecule has 0 bridgehead atoms. The van der Waals surface area contributed by atoms with E-state index in [4.69, 9.17) is 0 Å². The molecule has 1 fully saturated rings. The topological polar surface area (TPSA) is 96.0 Å². The largest absolute Gasteiger partial charge is 0.335 e. The van der Waals surface area contributed by atoms with Crippen LogP contribution in [0.3, 0.4) is 0 Å². The van der Waals surface area contributed by atoms with Gasteiger partial charge in [0.2, 0.25) is 11.0 Å². The molecule has 1 saturated carbocycles. The first-order valence-corrected chi connectivity index (χ1v) is 11.0. The first kappa shape index (κ1) is 21.2. The van der Waals surface area contributed by atoms with E-state index in [0.29, 0.717) is 5.13 Å². The van der Waals surface area contributed by atoms with Crippen LogP contribution in [0.4, 0.5) is 9.93 Å². The smallest absolute Gasteiger partial charge is 0.315 e. The Morgan fingerprint density at radius 2 is 1.76 bits per heavy atom. The highest BCUT2D eigenvalue weighted by molar-refractivity contribution is 7.18. The summed E-state index contributed by atoms with van der Waals surface area (Å²) in [5.74, 6) is -0.345. The number of amides is 3. The minimum atomic E-state index is -0.648. The van der Waals surface area contributed by atoms with Crippen LogP contribution in [0.2, 0.25) is 0 Å². The highest BCUT2D eigenvalue weighted by atomic mass is 32.1. The third-order valence-corrected chi connectivity index (χ3v) is 6.02. The van der Waals surface area contributed by atoms with E-state index in [-0.39, 0.29) is 23.9 Å². The summed E-state index contributed by atoms with van der Waals surface area (Å²) >= 11 is 1.31. The van der Waals surface area contributed by atoms with Crippen LogP contribution in [0.1, 0.15) is 51.5 Å². The van der Waals surface area contributed by atoms with Crippen LogP contribution in [-0.2, 0) is 4.79 Å². The Hall–Kier alpha value is -2.48. The van der Waals surface area contributed by atoms with Gasteiger partial charge in [-0.15, -0.1) is 10.2 Å². The van der Waals surface area contributed by atoms with Crippen LogP contribution in [0, 0.1) is 12.8 Å². The fraction of sp³-hybridized carbons (Fsp3) is 0.524. The van der Waals surface area contributed by atoms with Crippen molar-refractivity contribution < 1.29 is 9.59 Å². The molecule has 1 aliphatic rings. The van der Waals surface area contributed by atoms with Gasteiger partial charge in [-0.2, -0.15) is 0 Å². The fourth-order valence-electron chi connectivity index (χ4n) is 3.42. The third-order valence-electron chi connectivity index (χ3n) is 5.13. The second-order valence-electron chi connectivity index (χ2n) is 7.94. The van der Waals surface area contributed by atoms with E-state index < -0.39 is 6.04 Å². The van der Waals surface area contributed by atoms with Crippen molar-refractivity contribution in [2.75, 3.05) is 5.32 Å². The van der Waals surface area contributed by atoms with E-state index >= 15 is 0 Å². The number of carbonyl (C=O) groups excluding carboxylic acids is 2. The molecule has 1 unspecified atom stereocenters. The summed E-state index contributed by atoms with van der Waals surface area (Å²) in [5.41, 5.74) is 2.13. The molecule has 8 heteroatoms. The van der Waals surface area contributed by atoms with Gasteiger partial charge in [0.05, 0.1) is 0 Å². The summed E-state index contributed by atoms with van der Waals surface area (Å²) in [7, 11) is 0. The predicted octanol–water partition coefficient (Wildman–Crippen LogP) is 4.11. The normalized spacial score (nSPS) is 15.7. The minimum Gasteiger partial charge on any atom is -0.335 e. The van der Waals surface area contributed by atoms with Crippen LogP contribution >= 0.6 is 11.3 Å². The maximum atomic E-state index is 12.8. The van der Waals surface area contributed by atoms with E-state index in [1.807, 2.05) is 45.0 Å². The molecular formula is C21H29N5O2S. The van der Waals surface area contributed by atoms with Crippen LogP contribution < -0.4 is 16.0 Å². The van der Waals surface area contributed by atoms with Crippen molar-refractivity contribution in [2.24, 2.45) is 5.92 Å². The molecule has 0 spiro atoms. The summed E-state index contributed by atoms with van der Waals surface area (Å²) in [6.45, 7) is 5.84. The molecular weight excluding hydrogens is 386 g/mol. The van der Waals surface area contributed by atoms with Gasteiger partial charge in [0.1, 0.15) is 11.0 Å². The Balaban J connectivity index is 1.59. The molecule has 1 aromatic heterocycles. The lowest BCUT2D eigenvalue weighted by Crippen LogP contribution is -2.52. The molecule has 156 valence electrons. The average molecular weight is 416 g/mol. The Bertz CT molecular complexity index is 828. The molecule has 1 atom stereocenters. The highest BCUT2D eigenvalue weighted by Gasteiger charge is 2.26. The van der Waals surface area contributed by atoms with Gasteiger partial charge in [-0.3, -0.25) is 10.1 Å². The van der Waals surface area contributed by atoms with Gasteiger partial charge in [0.15, 0.2) is 0 Å². The number of benzene rings is 1. The van der Waals surface area contributed by atoms with Crippen molar-refractivity contribution in [3.05, 3.63) is 29.8 Å². The molecule has 0 radical (unpaired) electrons. The van der Waals surface area contributed by atoms with Gasteiger partial charge in [-0.1, -0.05) is 74.3 Å². The van der Waals surface area contributed by atoms with Crippen molar-refractivity contribution in [2.45, 2.75) is 65.0 Å². The Labute approximate surface area is 175 Å². The number of carbonyl (C=O) groups is 2. The van der Waals surface area contributed by atoms with Crippen LogP contribution in [0.5, 0.6) is 0 Å². The van der Waals surface area contributed by atoms with Gasteiger partial charge >= 0.3 is 6.03 Å². The maximum Gasteiger partial charge on any atom is 0.315 e. The zero-order valence-electron chi connectivity index (χ0n) is 17.2. The summed E-state index contributed by atoms with van der Waals surface area (Å²) in [5, 5.41) is 18.0. The van der Waals surface area contributed by atoms with E-state index in [0.717, 1.165) is 36.3 Å². The first-order chi connectivity index (χ1) is 13.9. The quantitative estimate of drug-likeness (QED) is 0.661. The molecule has 1 heterocycles. The number of urea groups is 1. The van der Waals surface area contributed by atoms with Crippen molar-refractivity contribution in [1.29, 1.82) is 0 Å². The monoisotopic (exact) mass is 415 g/mol. The molecule has 1 aliphatic carbocycles. The number of aryl methyl sites for hydroxylation is 1. The SMILES string of the molecule is Cc1ccc(-c2nnc(NC(=O)C(NC(=O)NC3CCCCC3)C(C)C)s2)cc1. The number of nitrogens with one attached hydrogen (secondary N) is 3. The zero-order valence-corrected chi connectivity index (χ0v) is 18.0. The summed E-state index contributed by atoms with van der Waals surface area (Å²) < 4.78 is 0. The lowest BCUT2D eigenvalue weighted by molar-refractivity contribution is -0.118. The number of hydrogen-bond donors (Lipinski definition) is 3. The van der Waals surface area contributed by atoms with Crippen molar-refractivity contribution in [3.63, 3.8) is 0 Å². The molecule has 0 saturated heterocycles. The Kier molecular flexibility index (Phi) is 7.19. The van der Waals surface area contributed by atoms with Gasteiger partial charge in [-0.25, -0.2) is 4.79 Å². The van der Waals surface area contributed by atoms with Gasteiger partial charge in [-0.05, 0) is 25.7 Å². The van der Waals surface area contributed by atoms with Crippen LogP contribution in [0.25, 0.3) is 10.6 Å². The molecule has 3 rings (SSSR count). The minimum absolute atomic E-state index is 0.0587. The lowest BCUT2D eigenvalue weighted by atomic mass is 9.96. The number of hydrogen-bond acceptors (Lipinski definition) is 5. The van der Waals surface area contributed by atoms with Crippen molar-refractivity contribution in [3.8, 4) is 10.6 Å². The lowest BCUT2D eigenvalue weighted by Gasteiger charge is -2.26. The number of aromatic nitrogens is 2. The molecule has 1 aromatic carbocycles. The van der Waals surface area contributed by atoms with E-state index in [2.05, 4.69) is 26.1 Å². The van der Waals surface area contributed by atoms with Crippen LogP contribution in [0.15, 0.2) is 24.3 Å². The predicted molar refractivity (Wildman–Crippen MR) is 116 cm³/mol. The van der Waals surface area contributed by atoms with E-state index in [1.54, 1.807) is 0 Å². The van der Waals surface area contributed by atoms with Crippen molar-refractivity contribution in [1.82, 2.24) is 20.8 Å². The number of nitrogens with zero attached hydrogens (tertiary/aromatic N) is 2. The first-order valence-electron chi connectivity index (χ1n) is 10.2. The van der Waals surface area contributed by atoms with E-state index in [1.165, 1.54) is 23.3 Å². The number of anilines is 1. The van der Waals surface area contributed by atoms with E-state index in [9.17, 15) is 9.59 Å². The third kappa shape index (κ3) is 6.00. The van der Waals surface area contributed by atoms with Gasteiger partial charge in [0.25, 0.3) is 0 Å². The highest BCUT2D eigenvalue weighted by Crippen LogP contribution is 2.26. The van der Waals surface area contributed by atoms with Crippen molar-refractivity contribution >= 4 is 28.4 Å². The van der Waals surface area contributed by atoms with Gasteiger partial charge in [0, 0.05) is 11.6 Å². The molecule has 2 aromatic rings. The summed E-state index contributed by atoms with van der Waals surface area (Å²) in [6, 6.07) is 7.25. The Morgan fingerprint density at radius 1 is 1.07 bits per heavy atom. The molecule has 3 N–H and O–H groups in total. The second-order valence-corrected chi connectivity index (χ2v) is 8.92. The van der Waals surface area contributed by atoms with Gasteiger partial charge < -0.3 is 10.6 Å². The number of rotatable bonds is 6. The van der Waals surface area contributed by atoms with Crippen LogP contribution in [-0.4, -0.2) is 34.2 Å². The Morgan fingerprint density at radius 3 is 2.41 bits per heavy atom. The standard InChI is InChI=1S/C21H29N5O2S/c1-13(2)17(23-20(28)22-16-7-5-4-6-8-16)18(27)24-21-26-25-19(29-21)15-11-9-14(3)10-12-15/h9-13,16-17H,4-8H2,1-3H3,(H2,22,23,28)(H,24,26,27).